The minimum absolute atomic E-state index is 0.113. The SMILES string of the molecule is O=C1ON=C(c2ccccc2)/C1=C\c1ccc(OC(=O)c2ccc([N+](=O)[O-])cc2)cc1. The first-order valence-corrected chi connectivity index (χ1v) is 9.15. The zero-order chi connectivity index (χ0) is 21.8. The predicted octanol–water partition coefficient (Wildman–Crippen LogP) is 4.16. The van der Waals surface area contributed by atoms with Crippen molar-refractivity contribution in [1.29, 1.82) is 0 Å². The molecule has 0 amide bonds. The number of non-ortho nitro benzene ring substituents is 1. The van der Waals surface area contributed by atoms with Crippen molar-refractivity contribution in [3.05, 3.63) is 111 Å². The average molecular weight is 414 g/mol. The highest BCUT2D eigenvalue weighted by Gasteiger charge is 2.26. The van der Waals surface area contributed by atoms with Crippen LogP contribution in [0, 0.1) is 10.1 Å². The van der Waals surface area contributed by atoms with E-state index in [4.69, 9.17) is 9.57 Å². The Morgan fingerprint density at radius 2 is 1.65 bits per heavy atom. The summed E-state index contributed by atoms with van der Waals surface area (Å²) in [7, 11) is 0. The van der Waals surface area contributed by atoms with Crippen molar-refractivity contribution in [3.8, 4) is 5.75 Å². The molecule has 8 heteroatoms. The molecule has 0 N–H and O–H groups in total. The Bertz CT molecular complexity index is 1210. The van der Waals surface area contributed by atoms with E-state index < -0.39 is 16.9 Å². The molecule has 152 valence electrons. The summed E-state index contributed by atoms with van der Waals surface area (Å²) in [4.78, 5) is 39.3. The Morgan fingerprint density at radius 3 is 2.29 bits per heavy atom. The van der Waals surface area contributed by atoms with Gasteiger partial charge in [-0.05, 0) is 35.9 Å². The summed E-state index contributed by atoms with van der Waals surface area (Å²) in [6.45, 7) is 0. The highest BCUT2D eigenvalue weighted by molar-refractivity contribution is 6.31. The van der Waals surface area contributed by atoms with Gasteiger partial charge < -0.3 is 9.57 Å². The number of ether oxygens (including phenoxy) is 1. The van der Waals surface area contributed by atoms with Crippen LogP contribution in [-0.2, 0) is 9.63 Å². The molecule has 0 fully saturated rings. The largest absolute Gasteiger partial charge is 0.423 e. The summed E-state index contributed by atoms with van der Waals surface area (Å²) in [5, 5.41) is 14.6. The van der Waals surface area contributed by atoms with Crippen LogP contribution in [0.5, 0.6) is 5.75 Å². The van der Waals surface area contributed by atoms with Crippen molar-refractivity contribution in [2.24, 2.45) is 5.16 Å². The van der Waals surface area contributed by atoms with Crippen LogP contribution in [0.1, 0.15) is 21.5 Å². The van der Waals surface area contributed by atoms with E-state index in [2.05, 4.69) is 5.16 Å². The highest BCUT2D eigenvalue weighted by atomic mass is 16.7. The van der Waals surface area contributed by atoms with Crippen LogP contribution in [-0.4, -0.2) is 22.6 Å². The average Bonchev–Trinajstić information content (AvgIpc) is 3.15. The van der Waals surface area contributed by atoms with Crippen LogP contribution in [0.4, 0.5) is 5.69 Å². The zero-order valence-corrected chi connectivity index (χ0v) is 15.9. The van der Waals surface area contributed by atoms with Crippen LogP contribution >= 0.6 is 0 Å². The lowest BCUT2D eigenvalue weighted by Gasteiger charge is -2.05. The van der Waals surface area contributed by atoms with E-state index in [0.29, 0.717) is 16.8 Å². The third-order valence-corrected chi connectivity index (χ3v) is 4.46. The second kappa shape index (κ2) is 8.42. The van der Waals surface area contributed by atoms with Gasteiger partial charge in [-0.15, -0.1) is 0 Å². The first-order valence-electron chi connectivity index (χ1n) is 9.15. The maximum atomic E-state index is 12.2. The molecule has 3 aromatic rings. The van der Waals surface area contributed by atoms with E-state index in [1.807, 2.05) is 30.3 Å². The van der Waals surface area contributed by atoms with Gasteiger partial charge in [0.15, 0.2) is 0 Å². The maximum absolute atomic E-state index is 12.2. The minimum atomic E-state index is -0.640. The van der Waals surface area contributed by atoms with Gasteiger partial charge in [-0.25, -0.2) is 9.59 Å². The van der Waals surface area contributed by atoms with Gasteiger partial charge in [0.05, 0.1) is 16.1 Å². The van der Waals surface area contributed by atoms with Crippen LogP contribution in [0.15, 0.2) is 89.6 Å². The number of nitrogens with zero attached hydrogens (tertiary/aromatic N) is 2. The molecule has 8 nitrogen and oxygen atoms in total. The van der Waals surface area contributed by atoms with Crippen molar-refractivity contribution in [1.82, 2.24) is 0 Å². The smallest absolute Gasteiger partial charge is 0.368 e. The second-order valence-corrected chi connectivity index (χ2v) is 6.51. The molecule has 0 aliphatic carbocycles. The summed E-state index contributed by atoms with van der Waals surface area (Å²) >= 11 is 0. The van der Waals surface area contributed by atoms with E-state index in [-0.39, 0.29) is 17.0 Å². The lowest BCUT2D eigenvalue weighted by molar-refractivity contribution is -0.384. The van der Waals surface area contributed by atoms with E-state index in [1.54, 1.807) is 30.3 Å². The molecule has 0 saturated carbocycles. The van der Waals surface area contributed by atoms with Gasteiger partial charge in [-0.1, -0.05) is 47.6 Å². The maximum Gasteiger partial charge on any atom is 0.368 e. The van der Waals surface area contributed by atoms with Gasteiger partial charge in [0.1, 0.15) is 11.5 Å². The number of hydrogen-bond acceptors (Lipinski definition) is 7. The standard InChI is InChI=1S/C23H14N2O6/c26-22(17-8-10-18(11-9-17)25(28)29)30-19-12-6-15(7-13-19)14-20-21(24-31-23(20)27)16-4-2-1-3-5-16/h1-14H/b20-14+. The molecule has 0 aromatic heterocycles. The summed E-state index contributed by atoms with van der Waals surface area (Å²) in [6, 6.07) is 20.8. The molecule has 0 bridgehead atoms. The van der Waals surface area contributed by atoms with Gasteiger partial charge in [0.25, 0.3) is 5.69 Å². The van der Waals surface area contributed by atoms with E-state index in [1.165, 1.54) is 24.3 Å². The number of esters is 1. The van der Waals surface area contributed by atoms with E-state index >= 15 is 0 Å². The molecule has 0 radical (unpaired) electrons. The van der Waals surface area contributed by atoms with Crippen LogP contribution in [0.2, 0.25) is 0 Å². The molecule has 0 unspecified atom stereocenters. The molecule has 1 heterocycles. The number of benzene rings is 3. The van der Waals surface area contributed by atoms with Crippen molar-refractivity contribution in [3.63, 3.8) is 0 Å². The number of hydrogen-bond donors (Lipinski definition) is 0. The van der Waals surface area contributed by atoms with Crippen LogP contribution < -0.4 is 4.74 Å². The van der Waals surface area contributed by atoms with Crippen molar-refractivity contribution < 1.29 is 24.1 Å². The molecule has 4 rings (SSSR count). The third-order valence-electron chi connectivity index (χ3n) is 4.46. The van der Waals surface area contributed by atoms with Gasteiger partial charge in [0, 0.05) is 17.7 Å². The normalized spacial score (nSPS) is 14.1. The first-order chi connectivity index (χ1) is 15.0. The molecular weight excluding hydrogens is 400 g/mol. The number of carbonyl (C=O) groups is 2. The number of nitro benzene ring substituents is 1. The number of rotatable bonds is 5. The summed E-state index contributed by atoms with van der Waals surface area (Å²) in [6.07, 6.45) is 1.64. The fraction of sp³-hybridized carbons (Fsp3) is 0. The summed E-state index contributed by atoms with van der Waals surface area (Å²) in [5.74, 6) is -0.900. The molecular formula is C23H14N2O6. The monoisotopic (exact) mass is 414 g/mol. The van der Waals surface area contributed by atoms with Crippen LogP contribution in [0.3, 0.4) is 0 Å². The van der Waals surface area contributed by atoms with E-state index in [9.17, 15) is 19.7 Å². The number of oxime groups is 1. The highest BCUT2D eigenvalue weighted by Crippen LogP contribution is 2.22. The van der Waals surface area contributed by atoms with Crippen molar-refractivity contribution >= 4 is 29.4 Å². The topological polar surface area (TPSA) is 108 Å². The number of nitro groups is 1. The van der Waals surface area contributed by atoms with Gasteiger partial charge >= 0.3 is 11.9 Å². The lowest BCUT2D eigenvalue weighted by Crippen LogP contribution is -2.08. The molecule has 0 atom stereocenters. The lowest BCUT2D eigenvalue weighted by atomic mass is 10.0. The van der Waals surface area contributed by atoms with Gasteiger partial charge in [-0.3, -0.25) is 10.1 Å². The third kappa shape index (κ3) is 4.38. The molecule has 0 spiro atoms. The minimum Gasteiger partial charge on any atom is -0.423 e. The van der Waals surface area contributed by atoms with Crippen LogP contribution in [0.25, 0.3) is 6.08 Å². The van der Waals surface area contributed by atoms with Gasteiger partial charge in [0.2, 0.25) is 0 Å². The molecule has 1 aliphatic rings. The zero-order valence-electron chi connectivity index (χ0n) is 15.9. The predicted molar refractivity (Wildman–Crippen MR) is 112 cm³/mol. The van der Waals surface area contributed by atoms with Crippen molar-refractivity contribution in [2.45, 2.75) is 0 Å². The van der Waals surface area contributed by atoms with Gasteiger partial charge in [-0.2, -0.15) is 0 Å². The Hall–Kier alpha value is -4.59. The fourth-order valence-electron chi connectivity index (χ4n) is 2.90. The van der Waals surface area contributed by atoms with E-state index in [0.717, 1.165) is 5.56 Å². The first kappa shape index (κ1) is 19.7. The fourth-order valence-corrected chi connectivity index (χ4v) is 2.90. The second-order valence-electron chi connectivity index (χ2n) is 6.51. The Kier molecular flexibility index (Phi) is 5.35. The molecule has 1 aliphatic heterocycles. The Morgan fingerprint density at radius 1 is 0.968 bits per heavy atom. The summed E-state index contributed by atoms with van der Waals surface area (Å²) < 4.78 is 5.29. The molecule has 3 aromatic carbocycles. The number of carbonyl (C=O) groups excluding carboxylic acids is 2. The Balaban J connectivity index is 1.49. The quantitative estimate of drug-likeness (QED) is 0.155. The summed E-state index contributed by atoms with van der Waals surface area (Å²) in [5.41, 5.74) is 2.29. The Labute approximate surface area is 176 Å². The van der Waals surface area contributed by atoms with Crippen molar-refractivity contribution in [2.75, 3.05) is 0 Å². The molecule has 0 saturated heterocycles. The molecule has 31 heavy (non-hydrogen) atoms.